The molecule has 2 amide bonds. The topological polar surface area (TPSA) is 174 Å². The fourth-order valence-corrected chi connectivity index (χ4v) is 5.09. The predicted molar refractivity (Wildman–Crippen MR) is 181 cm³/mol. The number of hydrogen-bond acceptors (Lipinski definition) is 12. The smallest absolute Gasteiger partial charge is 0.407 e. The zero-order chi connectivity index (χ0) is 37.2. The Morgan fingerprint density at radius 2 is 1.35 bits per heavy atom. The Labute approximate surface area is 304 Å². The van der Waals surface area contributed by atoms with E-state index in [0.29, 0.717) is 6.42 Å². The molecule has 1 rings (SSSR count). The second kappa shape index (κ2) is 22.5. The number of nitrogens with one attached hydrogen (secondary N) is 2. The lowest BCUT2D eigenvalue weighted by molar-refractivity contribution is -0.278. The first-order valence-electron chi connectivity index (χ1n) is 16.6. The molecular formula is C32H53Cl3N2O12. The first-order chi connectivity index (χ1) is 22.8. The Morgan fingerprint density at radius 3 is 1.88 bits per heavy atom. The van der Waals surface area contributed by atoms with Crippen LogP contribution in [0.4, 0.5) is 9.59 Å². The van der Waals surface area contributed by atoms with Crippen LogP contribution in [0.5, 0.6) is 0 Å². The highest BCUT2D eigenvalue weighted by Gasteiger charge is 2.52. The zero-order valence-corrected chi connectivity index (χ0v) is 31.8. The van der Waals surface area contributed by atoms with Gasteiger partial charge in [0.25, 0.3) is 0 Å². The lowest BCUT2D eigenvalue weighted by Crippen LogP contribution is -2.67. The molecule has 1 saturated heterocycles. The summed E-state index contributed by atoms with van der Waals surface area (Å²) in [6.45, 7) is 9.58. The van der Waals surface area contributed by atoms with E-state index >= 15 is 0 Å². The summed E-state index contributed by atoms with van der Waals surface area (Å²) in [6, 6.07) is -1.93. The molecule has 2 N–H and O–H groups in total. The van der Waals surface area contributed by atoms with E-state index in [1.165, 1.54) is 32.6 Å². The monoisotopic (exact) mass is 762 g/mol. The molecule has 17 heteroatoms. The van der Waals surface area contributed by atoms with Crippen LogP contribution in [0.2, 0.25) is 0 Å². The van der Waals surface area contributed by atoms with Crippen molar-refractivity contribution in [3.63, 3.8) is 0 Å². The summed E-state index contributed by atoms with van der Waals surface area (Å²) >= 11 is 17.2. The number of carbonyl (C=O) groups is 5. The van der Waals surface area contributed by atoms with Gasteiger partial charge in [-0.2, -0.15) is 0 Å². The summed E-state index contributed by atoms with van der Waals surface area (Å²) in [5, 5.41) is 5.32. The highest BCUT2D eigenvalue weighted by atomic mass is 35.6. The van der Waals surface area contributed by atoms with Gasteiger partial charge in [0, 0.05) is 20.8 Å². The highest BCUT2D eigenvalue weighted by Crippen LogP contribution is 2.29. The molecule has 0 saturated carbocycles. The maximum atomic E-state index is 12.9. The summed E-state index contributed by atoms with van der Waals surface area (Å²) in [7, 11) is 0. The quantitative estimate of drug-likeness (QED) is 0.0677. The Hall–Kier alpha value is -2.26. The maximum Gasteiger partial charge on any atom is 0.407 e. The first-order valence-corrected chi connectivity index (χ1v) is 17.7. The Balaban J connectivity index is 3.32. The molecule has 1 fully saturated rings. The molecular weight excluding hydrogens is 711 g/mol. The van der Waals surface area contributed by atoms with Gasteiger partial charge in [0.05, 0.1) is 12.6 Å². The number of alkyl carbamates (subject to hydrolysis) is 2. The van der Waals surface area contributed by atoms with Crippen molar-refractivity contribution in [1.82, 2.24) is 10.6 Å². The van der Waals surface area contributed by atoms with Crippen LogP contribution >= 0.6 is 34.8 Å². The van der Waals surface area contributed by atoms with E-state index < -0.39 is 89.4 Å². The van der Waals surface area contributed by atoms with Gasteiger partial charge < -0.3 is 43.8 Å². The van der Waals surface area contributed by atoms with Crippen LogP contribution in [0.1, 0.15) is 106 Å². The third kappa shape index (κ3) is 20.9. The molecule has 284 valence electrons. The molecule has 0 aromatic heterocycles. The molecule has 1 aliphatic heterocycles. The van der Waals surface area contributed by atoms with Crippen molar-refractivity contribution in [3.05, 3.63) is 0 Å². The van der Waals surface area contributed by atoms with Gasteiger partial charge in [-0.1, -0.05) is 93.1 Å². The minimum atomic E-state index is -1.93. The number of carbonyl (C=O) groups excluding carboxylic acids is 5. The summed E-state index contributed by atoms with van der Waals surface area (Å²) < 4.78 is 36.9. The lowest BCUT2D eigenvalue weighted by Gasteiger charge is -2.45. The van der Waals surface area contributed by atoms with Gasteiger partial charge in [-0.05, 0) is 27.2 Å². The van der Waals surface area contributed by atoms with Gasteiger partial charge in [-0.3, -0.25) is 14.4 Å². The number of rotatable bonds is 19. The number of ether oxygens (including phenoxy) is 7. The van der Waals surface area contributed by atoms with Crippen LogP contribution in [0.25, 0.3) is 0 Å². The van der Waals surface area contributed by atoms with Crippen LogP contribution < -0.4 is 10.6 Å². The minimum absolute atomic E-state index is 0.146. The van der Waals surface area contributed by atoms with Crippen molar-refractivity contribution >= 4 is 64.9 Å². The molecule has 14 nitrogen and oxygen atoms in total. The average molecular weight is 764 g/mol. The van der Waals surface area contributed by atoms with Crippen LogP contribution in [0, 0.1) is 0 Å². The summed E-state index contributed by atoms with van der Waals surface area (Å²) in [5.74, 6) is -2.23. The van der Waals surface area contributed by atoms with Gasteiger partial charge in [0.2, 0.25) is 3.79 Å². The fraction of sp³-hybridized carbons (Fsp3) is 0.844. The number of amides is 2. The van der Waals surface area contributed by atoms with E-state index in [0.717, 1.165) is 39.5 Å². The Bertz CT molecular complexity index is 1050. The van der Waals surface area contributed by atoms with Crippen molar-refractivity contribution in [2.75, 3.05) is 19.8 Å². The standard InChI is InChI=1S/C32H53Cl3N2O12/c1-8-9-10-11-12-13-14-15-16-23(36-30(42)49-31(5,6)7)17-44-28-25(37-29(41)45-19-32(33,34)35)27(47-22(4)40)26(46-21(3)39)24(48-28)18-43-20(2)38/h23-28H,8-19H2,1-7H3,(H,36,42)(H,37,41)/t23-,24-,25-,26-,27-,28-/m1/s1. The third-order valence-corrected chi connectivity index (χ3v) is 7.27. The van der Waals surface area contributed by atoms with Crippen molar-refractivity contribution < 1.29 is 57.1 Å². The van der Waals surface area contributed by atoms with Crippen LogP contribution in [0.3, 0.4) is 0 Å². The molecule has 0 aromatic rings. The molecule has 0 aliphatic carbocycles. The van der Waals surface area contributed by atoms with E-state index in [4.69, 9.17) is 68.0 Å². The minimum Gasteiger partial charge on any atom is -0.463 e. The van der Waals surface area contributed by atoms with Crippen molar-refractivity contribution in [3.8, 4) is 0 Å². The first kappa shape index (κ1) is 44.8. The third-order valence-electron chi connectivity index (χ3n) is 6.94. The second-order valence-electron chi connectivity index (χ2n) is 12.8. The summed E-state index contributed by atoms with van der Waals surface area (Å²) in [5.41, 5.74) is -0.755. The van der Waals surface area contributed by atoms with Gasteiger partial charge in [0.1, 0.15) is 31.0 Å². The maximum absolute atomic E-state index is 12.9. The van der Waals surface area contributed by atoms with Crippen LogP contribution in [-0.4, -0.2) is 96.0 Å². The van der Waals surface area contributed by atoms with Crippen molar-refractivity contribution in [2.24, 2.45) is 0 Å². The van der Waals surface area contributed by atoms with E-state index in [-0.39, 0.29) is 6.61 Å². The second-order valence-corrected chi connectivity index (χ2v) is 15.3. The average Bonchev–Trinajstić information content (AvgIpc) is 2.95. The molecule has 0 spiro atoms. The molecule has 1 aliphatic rings. The zero-order valence-electron chi connectivity index (χ0n) is 29.5. The van der Waals surface area contributed by atoms with E-state index in [1.54, 1.807) is 20.8 Å². The Kier molecular flexibility index (Phi) is 20.6. The van der Waals surface area contributed by atoms with Gasteiger partial charge in [-0.25, -0.2) is 9.59 Å². The van der Waals surface area contributed by atoms with E-state index in [9.17, 15) is 24.0 Å². The van der Waals surface area contributed by atoms with Gasteiger partial charge >= 0.3 is 30.1 Å². The largest absolute Gasteiger partial charge is 0.463 e. The highest BCUT2D eigenvalue weighted by molar-refractivity contribution is 6.67. The van der Waals surface area contributed by atoms with Gasteiger partial charge in [-0.15, -0.1) is 0 Å². The number of halogens is 3. The van der Waals surface area contributed by atoms with Crippen molar-refractivity contribution in [2.45, 2.75) is 152 Å². The normalized spacial score (nSPS) is 21.6. The number of esters is 3. The summed E-state index contributed by atoms with van der Waals surface area (Å²) in [4.78, 5) is 61.7. The molecule has 0 bridgehead atoms. The Morgan fingerprint density at radius 1 is 0.776 bits per heavy atom. The van der Waals surface area contributed by atoms with E-state index in [2.05, 4.69) is 17.6 Å². The molecule has 0 unspecified atom stereocenters. The van der Waals surface area contributed by atoms with Gasteiger partial charge in [0.15, 0.2) is 18.5 Å². The molecule has 0 aromatic carbocycles. The number of unbranched alkanes of at least 4 members (excludes halogenated alkanes) is 7. The van der Waals surface area contributed by atoms with E-state index in [1.807, 2.05) is 0 Å². The summed E-state index contributed by atoms with van der Waals surface area (Å²) in [6.07, 6.45) is 1.95. The molecule has 49 heavy (non-hydrogen) atoms. The fourth-order valence-electron chi connectivity index (χ4n) is 4.93. The molecule has 1 heterocycles. The van der Waals surface area contributed by atoms with Crippen LogP contribution in [-0.2, 0) is 47.5 Å². The molecule has 6 atom stereocenters. The lowest BCUT2D eigenvalue weighted by atomic mass is 9.96. The predicted octanol–water partition coefficient (Wildman–Crippen LogP) is 6.04. The van der Waals surface area contributed by atoms with Crippen molar-refractivity contribution in [1.29, 1.82) is 0 Å². The number of hydrogen-bond donors (Lipinski definition) is 2. The van der Waals surface area contributed by atoms with Crippen LogP contribution in [0.15, 0.2) is 0 Å². The SMILES string of the molecule is CCCCCCCCCC[C@H](CO[C@@H]1O[C@H](COC(C)=O)[C@@H](OC(C)=O)[C@H](OC(C)=O)[C@H]1NC(=O)OCC(Cl)(Cl)Cl)NC(=O)OC(C)(C)C. The molecule has 0 radical (unpaired) electrons. The number of alkyl halides is 3.